The van der Waals surface area contributed by atoms with Crippen molar-refractivity contribution in [2.24, 2.45) is 0 Å². The molecule has 3 rings (SSSR count). The van der Waals surface area contributed by atoms with Crippen LogP contribution in [-0.4, -0.2) is 24.1 Å². The second-order valence-corrected chi connectivity index (χ2v) is 10.2. The van der Waals surface area contributed by atoms with Crippen molar-refractivity contribution < 1.29 is 8.42 Å². The number of nitrogens with one attached hydrogen (secondary N) is 2. The van der Waals surface area contributed by atoms with Gasteiger partial charge in [-0.3, -0.25) is 4.79 Å². The zero-order valence-electron chi connectivity index (χ0n) is 17.0. The first kappa shape index (κ1) is 23.5. The molecule has 9 heteroatoms. The molecule has 164 valence electrons. The summed E-state index contributed by atoms with van der Waals surface area (Å²) in [5, 5.41) is 1.02. The normalized spacial score (nSPS) is 12.6. The summed E-state index contributed by atoms with van der Waals surface area (Å²) in [6, 6.07) is 16.6. The van der Waals surface area contributed by atoms with E-state index in [9.17, 15) is 13.2 Å². The summed E-state index contributed by atoms with van der Waals surface area (Å²) in [7, 11) is -3.73. The summed E-state index contributed by atoms with van der Waals surface area (Å²) < 4.78 is 28.6. The average molecular weight is 478 g/mol. The van der Waals surface area contributed by atoms with E-state index in [1.807, 2.05) is 37.3 Å². The number of aromatic nitrogens is 2. The molecule has 0 aliphatic rings. The minimum Gasteiger partial charge on any atom is -0.301 e. The number of hydrogen-bond donors (Lipinski definition) is 2. The Morgan fingerprint density at radius 3 is 2.52 bits per heavy atom. The third kappa shape index (κ3) is 6.93. The van der Waals surface area contributed by atoms with Gasteiger partial charge in [0.05, 0.1) is 4.90 Å². The standard InChI is InChI=1S/C22H24ClN3O3S2/c1-2-6-18-15-21(27)25-22(24-18)30-14-13-20(16-7-4-3-5-8-16)26-31(28,29)19-11-9-17(23)10-12-19/h3-5,7-12,15,20,26H,2,6,13-14H2,1H3,(H,24,25,27). The van der Waals surface area contributed by atoms with E-state index >= 15 is 0 Å². The van der Waals surface area contributed by atoms with E-state index in [2.05, 4.69) is 14.7 Å². The van der Waals surface area contributed by atoms with Crippen molar-refractivity contribution in [2.75, 3.05) is 5.75 Å². The van der Waals surface area contributed by atoms with Gasteiger partial charge in [-0.25, -0.2) is 18.1 Å². The van der Waals surface area contributed by atoms with E-state index in [4.69, 9.17) is 11.6 Å². The maximum Gasteiger partial charge on any atom is 0.251 e. The highest BCUT2D eigenvalue weighted by Crippen LogP contribution is 2.24. The molecule has 2 aromatic carbocycles. The Morgan fingerprint density at radius 2 is 1.84 bits per heavy atom. The van der Waals surface area contributed by atoms with Gasteiger partial charge in [-0.2, -0.15) is 0 Å². The van der Waals surface area contributed by atoms with Gasteiger partial charge < -0.3 is 4.98 Å². The summed E-state index contributed by atoms with van der Waals surface area (Å²) in [6.45, 7) is 2.03. The Hall–Kier alpha value is -2.13. The number of hydrogen-bond acceptors (Lipinski definition) is 5. The maximum absolute atomic E-state index is 12.9. The molecule has 0 fully saturated rings. The van der Waals surface area contributed by atoms with Crippen LogP contribution in [-0.2, 0) is 16.4 Å². The highest BCUT2D eigenvalue weighted by Gasteiger charge is 2.21. The fourth-order valence-corrected chi connectivity index (χ4v) is 5.34. The van der Waals surface area contributed by atoms with Crippen molar-refractivity contribution in [3.8, 4) is 0 Å². The van der Waals surface area contributed by atoms with E-state index in [0.29, 0.717) is 22.4 Å². The van der Waals surface area contributed by atoms with Gasteiger partial charge in [0.25, 0.3) is 5.56 Å². The highest BCUT2D eigenvalue weighted by molar-refractivity contribution is 7.99. The van der Waals surface area contributed by atoms with Crippen LogP contribution in [0.1, 0.15) is 37.1 Å². The van der Waals surface area contributed by atoms with E-state index < -0.39 is 16.1 Å². The third-order valence-electron chi connectivity index (χ3n) is 4.55. The van der Waals surface area contributed by atoms with Crippen LogP contribution in [0.5, 0.6) is 0 Å². The zero-order valence-corrected chi connectivity index (χ0v) is 19.4. The minimum atomic E-state index is -3.73. The predicted molar refractivity (Wildman–Crippen MR) is 125 cm³/mol. The Labute approximate surface area is 191 Å². The Balaban J connectivity index is 1.75. The summed E-state index contributed by atoms with van der Waals surface area (Å²) in [6.07, 6.45) is 2.16. The molecule has 0 saturated heterocycles. The minimum absolute atomic E-state index is 0.156. The summed E-state index contributed by atoms with van der Waals surface area (Å²) in [4.78, 5) is 19.2. The number of benzene rings is 2. The Morgan fingerprint density at radius 1 is 1.13 bits per heavy atom. The quantitative estimate of drug-likeness (QED) is 0.329. The van der Waals surface area contributed by atoms with Crippen LogP contribution in [0.25, 0.3) is 0 Å². The molecule has 1 heterocycles. The molecule has 0 aliphatic carbocycles. The van der Waals surface area contributed by atoms with Crippen molar-refractivity contribution in [3.63, 3.8) is 0 Å². The van der Waals surface area contributed by atoms with Gasteiger partial charge in [0.15, 0.2) is 5.16 Å². The summed E-state index contributed by atoms with van der Waals surface area (Å²) in [5.41, 5.74) is 1.45. The lowest BCUT2D eigenvalue weighted by Crippen LogP contribution is -2.29. The van der Waals surface area contributed by atoms with Crippen LogP contribution in [0.2, 0.25) is 5.02 Å². The lowest BCUT2D eigenvalue weighted by molar-refractivity contribution is 0.551. The molecule has 1 atom stereocenters. The van der Waals surface area contributed by atoms with Gasteiger partial charge in [0, 0.05) is 28.6 Å². The number of sulfonamides is 1. The lowest BCUT2D eigenvalue weighted by atomic mass is 10.1. The van der Waals surface area contributed by atoms with Crippen molar-refractivity contribution in [3.05, 3.63) is 87.3 Å². The molecule has 3 aromatic rings. The lowest BCUT2D eigenvalue weighted by Gasteiger charge is -2.19. The van der Waals surface area contributed by atoms with Crippen LogP contribution in [0.4, 0.5) is 0 Å². The molecular weight excluding hydrogens is 454 g/mol. The molecule has 0 radical (unpaired) electrons. The number of aromatic amines is 1. The van der Waals surface area contributed by atoms with E-state index in [-0.39, 0.29) is 10.5 Å². The first-order valence-corrected chi connectivity index (χ1v) is 12.8. The summed E-state index contributed by atoms with van der Waals surface area (Å²) >= 11 is 7.29. The van der Waals surface area contributed by atoms with Gasteiger partial charge in [-0.1, -0.05) is 67.0 Å². The van der Waals surface area contributed by atoms with Crippen LogP contribution in [0, 0.1) is 0 Å². The van der Waals surface area contributed by atoms with Gasteiger partial charge in [0.1, 0.15) is 0 Å². The van der Waals surface area contributed by atoms with Gasteiger partial charge >= 0.3 is 0 Å². The average Bonchev–Trinajstić information content (AvgIpc) is 2.74. The zero-order chi connectivity index (χ0) is 22.3. The van der Waals surface area contributed by atoms with Crippen LogP contribution in [0.15, 0.2) is 75.5 Å². The fraction of sp³-hybridized carbons (Fsp3) is 0.273. The Kier molecular flexibility index (Phi) is 8.31. The number of thioether (sulfide) groups is 1. The van der Waals surface area contributed by atoms with E-state index in [1.165, 1.54) is 30.0 Å². The highest BCUT2D eigenvalue weighted by atomic mass is 35.5. The molecule has 1 unspecified atom stereocenters. The number of rotatable bonds is 10. The third-order valence-corrected chi connectivity index (χ3v) is 7.19. The second-order valence-electron chi connectivity index (χ2n) is 6.97. The van der Waals surface area contributed by atoms with Gasteiger partial charge in [-0.05, 0) is 42.7 Å². The summed E-state index contributed by atoms with van der Waals surface area (Å²) in [5.74, 6) is 0.571. The molecule has 31 heavy (non-hydrogen) atoms. The van der Waals surface area contributed by atoms with Gasteiger partial charge in [0.2, 0.25) is 10.0 Å². The molecule has 0 spiro atoms. The molecular formula is C22H24ClN3O3S2. The molecule has 1 aromatic heterocycles. The van der Waals surface area contributed by atoms with E-state index in [1.54, 1.807) is 12.1 Å². The molecule has 2 N–H and O–H groups in total. The van der Waals surface area contributed by atoms with Crippen molar-refractivity contribution in [1.82, 2.24) is 14.7 Å². The molecule has 0 amide bonds. The predicted octanol–water partition coefficient (Wildman–Crippen LogP) is 4.58. The number of nitrogens with zero attached hydrogens (tertiary/aromatic N) is 1. The van der Waals surface area contributed by atoms with Crippen LogP contribution in [0.3, 0.4) is 0 Å². The number of halogens is 1. The number of H-pyrrole nitrogens is 1. The van der Waals surface area contributed by atoms with Crippen molar-refractivity contribution in [1.29, 1.82) is 0 Å². The van der Waals surface area contributed by atoms with E-state index in [0.717, 1.165) is 24.1 Å². The molecule has 6 nitrogen and oxygen atoms in total. The van der Waals surface area contributed by atoms with Crippen LogP contribution >= 0.6 is 23.4 Å². The number of aryl methyl sites for hydroxylation is 1. The SMILES string of the molecule is CCCc1cc(=O)[nH]c(SCCC(NS(=O)(=O)c2ccc(Cl)cc2)c2ccccc2)n1. The first-order valence-electron chi connectivity index (χ1n) is 9.93. The largest absolute Gasteiger partial charge is 0.301 e. The van der Waals surface area contributed by atoms with Crippen molar-refractivity contribution in [2.45, 2.75) is 42.3 Å². The van der Waals surface area contributed by atoms with Crippen molar-refractivity contribution >= 4 is 33.4 Å². The van der Waals surface area contributed by atoms with Crippen LogP contribution < -0.4 is 10.3 Å². The monoisotopic (exact) mass is 477 g/mol. The molecule has 0 saturated carbocycles. The van der Waals surface area contributed by atoms with Gasteiger partial charge in [-0.15, -0.1) is 0 Å². The first-order chi connectivity index (χ1) is 14.9. The molecule has 0 bridgehead atoms. The Bertz CT molecular complexity index is 1150. The fourth-order valence-electron chi connectivity index (χ4n) is 3.06. The molecule has 0 aliphatic heterocycles. The maximum atomic E-state index is 12.9. The topological polar surface area (TPSA) is 91.9 Å². The smallest absolute Gasteiger partial charge is 0.251 e. The second kappa shape index (κ2) is 10.9.